The molecule has 0 spiro atoms. The van der Waals surface area contributed by atoms with Crippen molar-refractivity contribution in [2.24, 2.45) is 0 Å². The molecule has 4 aromatic rings. The zero-order valence-electron chi connectivity index (χ0n) is 16.9. The van der Waals surface area contributed by atoms with Gasteiger partial charge in [-0.25, -0.2) is 0 Å². The van der Waals surface area contributed by atoms with E-state index < -0.39 is 0 Å². The molecule has 6 heteroatoms. The molecular weight excluding hydrogens is 429 g/mol. The highest BCUT2D eigenvalue weighted by atomic mass is 35.5. The van der Waals surface area contributed by atoms with Gasteiger partial charge >= 0.3 is 0 Å². The zero-order chi connectivity index (χ0) is 22.1. The minimum atomic E-state index is 0.569. The summed E-state index contributed by atoms with van der Waals surface area (Å²) in [5.41, 5.74) is 5.30. The van der Waals surface area contributed by atoms with Crippen LogP contribution >= 0.6 is 23.2 Å². The van der Waals surface area contributed by atoms with E-state index in [4.69, 9.17) is 23.2 Å². The molecule has 0 fully saturated rings. The average molecular weight is 450 g/mol. The third kappa shape index (κ3) is 6.22. The molecule has 1 N–H and O–H groups in total. The minimum absolute atomic E-state index is 0.569. The summed E-state index contributed by atoms with van der Waals surface area (Å²) in [5, 5.41) is 4.50. The Kier molecular flexibility index (Phi) is 8.30. The fourth-order valence-electron chi connectivity index (χ4n) is 3.06. The van der Waals surface area contributed by atoms with Crippen LogP contribution in [0.15, 0.2) is 85.2 Å². The first-order valence-electron chi connectivity index (χ1n) is 9.63. The number of halogens is 2. The summed E-state index contributed by atoms with van der Waals surface area (Å²) < 4.78 is 0. The van der Waals surface area contributed by atoms with Gasteiger partial charge in [-0.15, -0.1) is 0 Å². The Hall–Kier alpha value is -3.05. The highest BCUT2D eigenvalue weighted by Gasteiger charge is 2.06. The zero-order valence-corrected chi connectivity index (χ0v) is 18.4. The van der Waals surface area contributed by atoms with E-state index in [1.54, 1.807) is 36.7 Å². The second kappa shape index (κ2) is 11.4. The molecular formula is C25H21Cl2N3O. The van der Waals surface area contributed by atoms with E-state index >= 15 is 0 Å². The maximum absolute atomic E-state index is 10.8. The second-order valence-electron chi connectivity index (χ2n) is 6.62. The summed E-state index contributed by atoms with van der Waals surface area (Å²) in [6.45, 7) is 0.801. The van der Waals surface area contributed by atoms with Crippen LogP contribution in [-0.4, -0.2) is 23.3 Å². The molecule has 4 rings (SSSR count). The van der Waals surface area contributed by atoms with Gasteiger partial charge in [0.1, 0.15) is 0 Å². The third-order valence-corrected chi connectivity index (χ3v) is 4.89. The normalized spacial score (nSPS) is 10.2. The van der Waals surface area contributed by atoms with Gasteiger partial charge in [-0.2, -0.15) is 0 Å². The predicted molar refractivity (Wildman–Crippen MR) is 128 cm³/mol. The van der Waals surface area contributed by atoms with E-state index in [2.05, 4.69) is 21.4 Å². The van der Waals surface area contributed by atoms with Crippen LogP contribution in [0.4, 0.5) is 0 Å². The third-order valence-electron chi connectivity index (χ3n) is 4.42. The Balaban J connectivity index is 0.000000176. The molecule has 0 bridgehead atoms. The number of carbonyl (C=O) groups is 1. The van der Waals surface area contributed by atoms with E-state index in [9.17, 15) is 4.79 Å². The number of nitrogens with one attached hydrogen (secondary N) is 1. The Bertz CT molecular complexity index is 1160. The number of rotatable bonds is 5. The number of pyridine rings is 2. The number of nitrogens with zero attached hydrogens (tertiary/aromatic N) is 2. The maximum Gasteiger partial charge on any atom is 0.152 e. The van der Waals surface area contributed by atoms with Crippen molar-refractivity contribution in [1.82, 2.24) is 15.3 Å². The molecule has 2 aromatic carbocycles. The largest absolute Gasteiger partial charge is 0.316 e. The van der Waals surface area contributed by atoms with Gasteiger partial charge in [0.25, 0.3) is 0 Å². The molecule has 31 heavy (non-hydrogen) atoms. The number of hydrogen-bond acceptors (Lipinski definition) is 4. The predicted octanol–water partition coefficient (Wildman–Crippen LogP) is 6.34. The van der Waals surface area contributed by atoms with Crippen LogP contribution in [0.3, 0.4) is 0 Å². The monoisotopic (exact) mass is 449 g/mol. The van der Waals surface area contributed by atoms with Crippen LogP contribution in [0.1, 0.15) is 15.9 Å². The molecule has 0 saturated carbocycles. The lowest BCUT2D eigenvalue weighted by molar-refractivity contribution is 0.112. The topological polar surface area (TPSA) is 54.9 Å². The molecule has 0 aliphatic carbocycles. The highest BCUT2D eigenvalue weighted by Crippen LogP contribution is 2.24. The van der Waals surface area contributed by atoms with Gasteiger partial charge in [-0.1, -0.05) is 53.5 Å². The Morgan fingerprint density at radius 3 is 1.97 bits per heavy atom. The Morgan fingerprint density at radius 2 is 1.39 bits per heavy atom. The van der Waals surface area contributed by atoms with Crippen LogP contribution in [0, 0.1) is 0 Å². The smallest absolute Gasteiger partial charge is 0.152 e. The van der Waals surface area contributed by atoms with Crippen molar-refractivity contribution in [3.8, 4) is 22.5 Å². The van der Waals surface area contributed by atoms with Crippen LogP contribution in [0.2, 0.25) is 10.0 Å². The fourth-order valence-corrected chi connectivity index (χ4v) is 3.44. The second-order valence-corrected chi connectivity index (χ2v) is 7.49. The van der Waals surface area contributed by atoms with Gasteiger partial charge in [-0.3, -0.25) is 14.8 Å². The fraction of sp³-hybridized carbons (Fsp3) is 0.0800. The summed E-state index contributed by atoms with van der Waals surface area (Å²) in [5.74, 6) is 0. The first-order chi connectivity index (χ1) is 15.1. The molecule has 0 radical (unpaired) electrons. The first-order valence-corrected chi connectivity index (χ1v) is 10.4. The molecule has 0 atom stereocenters. The molecule has 0 saturated heterocycles. The van der Waals surface area contributed by atoms with Gasteiger partial charge in [0.2, 0.25) is 0 Å². The summed E-state index contributed by atoms with van der Waals surface area (Å²) in [6.07, 6.45) is 4.25. The van der Waals surface area contributed by atoms with Crippen molar-refractivity contribution >= 4 is 29.5 Å². The van der Waals surface area contributed by atoms with Crippen molar-refractivity contribution < 1.29 is 4.79 Å². The van der Waals surface area contributed by atoms with Gasteiger partial charge < -0.3 is 5.32 Å². The quantitative estimate of drug-likeness (QED) is 0.361. The molecule has 0 amide bonds. The standard InChI is InChI=1S/C13H13ClN2.C12H8ClNO/c1-15-9-11-5-3-7-16-13(11)10-4-2-6-12(14)8-10;13-11-5-1-3-9(7-11)12-10(8-15)4-2-6-14-12/h2-8,15H,9H2,1H3;1-8H. The maximum atomic E-state index is 10.8. The van der Waals surface area contributed by atoms with Crippen molar-refractivity contribution in [3.05, 3.63) is 106 Å². The number of aldehydes is 1. The van der Waals surface area contributed by atoms with E-state index in [0.717, 1.165) is 34.7 Å². The number of aromatic nitrogens is 2. The van der Waals surface area contributed by atoms with Crippen LogP contribution in [-0.2, 0) is 6.54 Å². The minimum Gasteiger partial charge on any atom is -0.316 e. The summed E-state index contributed by atoms with van der Waals surface area (Å²) in [6, 6.07) is 22.5. The average Bonchev–Trinajstić information content (AvgIpc) is 2.80. The molecule has 4 nitrogen and oxygen atoms in total. The Labute approximate surface area is 191 Å². The van der Waals surface area contributed by atoms with Crippen LogP contribution < -0.4 is 5.32 Å². The summed E-state index contributed by atoms with van der Waals surface area (Å²) in [7, 11) is 1.93. The molecule has 156 valence electrons. The summed E-state index contributed by atoms with van der Waals surface area (Å²) >= 11 is 11.9. The van der Waals surface area contributed by atoms with Crippen molar-refractivity contribution in [3.63, 3.8) is 0 Å². The van der Waals surface area contributed by atoms with Gasteiger partial charge in [0, 0.05) is 45.7 Å². The summed E-state index contributed by atoms with van der Waals surface area (Å²) in [4.78, 5) is 19.4. The molecule has 2 aromatic heterocycles. The van der Waals surface area contributed by atoms with E-state index in [1.807, 2.05) is 49.5 Å². The number of hydrogen-bond donors (Lipinski definition) is 1. The van der Waals surface area contributed by atoms with E-state index in [1.165, 1.54) is 5.56 Å². The highest BCUT2D eigenvalue weighted by molar-refractivity contribution is 6.31. The van der Waals surface area contributed by atoms with Crippen molar-refractivity contribution in [2.45, 2.75) is 6.54 Å². The molecule has 0 aliphatic heterocycles. The molecule has 0 aliphatic rings. The molecule has 2 heterocycles. The van der Waals surface area contributed by atoms with Crippen LogP contribution in [0.5, 0.6) is 0 Å². The van der Waals surface area contributed by atoms with Gasteiger partial charge in [0.05, 0.1) is 11.4 Å². The van der Waals surface area contributed by atoms with E-state index in [-0.39, 0.29) is 0 Å². The molecule has 0 unspecified atom stereocenters. The van der Waals surface area contributed by atoms with Crippen LogP contribution in [0.25, 0.3) is 22.5 Å². The first kappa shape index (κ1) is 22.6. The van der Waals surface area contributed by atoms with Crippen molar-refractivity contribution in [1.29, 1.82) is 0 Å². The Morgan fingerprint density at radius 1 is 0.806 bits per heavy atom. The van der Waals surface area contributed by atoms with Crippen molar-refractivity contribution in [2.75, 3.05) is 7.05 Å². The lowest BCUT2D eigenvalue weighted by atomic mass is 10.1. The lowest BCUT2D eigenvalue weighted by Crippen LogP contribution is -2.07. The van der Waals surface area contributed by atoms with Gasteiger partial charge in [-0.05, 0) is 55.1 Å². The van der Waals surface area contributed by atoms with E-state index in [0.29, 0.717) is 16.3 Å². The number of carbonyl (C=O) groups excluding carboxylic acids is 1. The SMILES string of the molecule is CNCc1cccnc1-c1cccc(Cl)c1.O=Cc1cccnc1-c1cccc(Cl)c1. The number of benzene rings is 2. The lowest BCUT2D eigenvalue weighted by Gasteiger charge is -2.08. The van der Waals surface area contributed by atoms with Gasteiger partial charge in [0.15, 0.2) is 6.29 Å².